The lowest BCUT2D eigenvalue weighted by Gasteiger charge is -2.13. The van der Waals surface area contributed by atoms with Crippen molar-refractivity contribution >= 4 is 56.4 Å². The van der Waals surface area contributed by atoms with Gasteiger partial charge in [-0.15, -0.1) is 23.5 Å². The van der Waals surface area contributed by atoms with Crippen LogP contribution in [0.3, 0.4) is 0 Å². The Morgan fingerprint density at radius 3 is 1.65 bits per heavy atom. The summed E-state index contributed by atoms with van der Waals surface area (Å²) in [6.45, 7) is 2.02. The molecule has 0 atom stereocenters. The topological polar surface area (TPSA) is 24.1 Å². The number of thioether (sulfide) groups is 2. The molecule has 0 aromatic heterocycles. The Bertz CT molecular complexity index is 477. The van der Waals surface area contributed by atoms with Crippen LogP contribution in [0.5, 0.6) is 0 Å². The van der Waals surface area contributed by atoms with Gasteiger partial charge in [0.1, 0.15) is 0 Å². The van der Waals surface area contributed by atoms with Gasteiger partial charge in [0.25, 0.3) is 0 Å². The molecule has 0 heterocycles. The molecule has 2 N–H and O–H groups in total. The zero-order chi connectivity index (χ0) is 16.7. The highest BCUT2D eigenvalue weighted by Crippen LogP contribution is 2.29. The van der Waals surface area contributed by atoms with Crippen LogP contribution in [0.4, 0.5) is 0 Å². The van der Waals surface area contributed by atoms with Crippen LogP contribution in [0.2, 0.25) is 0 Å². The third kappa shape index (κ3) is 5.48. The van der Waals surface area contributed by atoms with E-state index < -0.39 is 0 Å². The molecule has 128 valence electrons. The fraction of sp³-hybridized carbons (Fsp3) is 0.647. The Hall–Kier alpha value is -0.0400. The average Bonchev–Trinajstić information content (AvgIpc) is 3.22. The number of hydrogen-bond donors (Lipinski definition) is 2. The predicted octanol–water partition coefficient (Wildman–Crippen LogP) is 4.81. The van der Waals surface area contributed by atoms with Crippen molar-refractivity contribution in [1.29, 1.82) is 0 Å². The van der Waals surface area contributed by atoms with Gasteiger partial charge in [0.05, 0.1) is 8.39 Å². The van der Waals surface area contributed by atoms with Crippen molar-refractivity contribution in [3.8, 4) is 0 Å². The maximum Gasteiger partial charge on any atom is 0.0752 e. The molecule has 0 aromatic rings. The van der Waals surface area contributed by atoms with Crippen molar-refractivity contribution in [2.24, 2.45) is 0 Å². The van der Waals surface area contributed by atoms with Gasteiger partial charge in [0.15, 0.2) is 0 Å². The van der Waals surface area contributed by atoms with Crippen LogP contribution in [0, 0.1) is 0 Å². The molecule has 0 saturated heterocycles. The molecule has 6 heteroatoms. The van der Waals surface area contributed by atoms with Crippen molar-refractivity contribution in [2.75, 3.05) is 25.6 Å². The van der Waals surface area contributed by atoms with Crippen LogP contribution < -0.4 is 10.6 Å². The molecule has 0 aliphatic heterocycles. The second-order valence-corrected chi connectivity index (χ2v) is 8.78. The van der Waals surface area contributed by atoms with Gasteiger partial charge in [-0.2, -0.15) is 0 Å². The first-order chi connectivity index (χ1) is 11.2. The molecule has 0 spiro atoms. The summed E-state index contributed by atoms with van der Waals surface area (Å²) in [5.74, 6) is 0. The third-order valence-corrected chi connectivity index (χ3v) is 7.06. The highest BCUT2D eigenvalue weighted by molar-refractivity contribution is 8.23. The standard InChI is InChI=1S/C17H26N2S4/c1-22-16(20)12-6-3-8-14(12)18-10-5-11-19-15-9-4-7-13(15)17(21)23-2/h18-19H,3-11H2,1-2H3. The van der Waals surface area contributed by atoms with Gasteiger partial charge in [-0.25, -0.2) is 0 Å². The van der Waals surface area contributed by atoms with E-state index in [4.69, 9.17) is 24.4 Å². The highest BCUT2D eigenvalue weighted by Gasteiger charge is 2.18. The van der Waals surface area contributed by atoms with E-state index in [2.05, 4.69) is 23.1 Å². The van der Waals surface area contributed by atoms with E-state index >= 15 is 0 Å². The van der Waals surface area contributed by atoms with Gasteiger partial charge < -0.3 is 10.6 Å². The summed E-state index contributed by atoms with van der Waals surface area (Å²) in [7, 11) is 0. The van der Waals surface area contributed by atoms with Crippen molar-refractivity contribution in [2.45, 2.75) is 44.9 Å². The van der Waals surface area contributed by atoms with Crippen LogP contribution in [-0.2, 0) is 0 Å². The molecule has 0 fully saturated rings. The molecule has 0 bridgehead atoms. The molecule has 2 aliphatic carbocycles. The van der Waals surface area contributed by atoms with E-state index in [0.29, 0.717) is 0 Å². The van der Waals surface area contributed by atoms with Crippen molar-refractivity contribution in [3.63, 3.8) is 0 Å². The molecule has 23 heavy (non-hydrogen) atoms. The molecule has 0 radical (unpaired) electrons. The summed E-state index contributed by atoms with van der Waals surface area (Å²) in [5, 5.41) is 7.22. The van der Waals surface area contributed by atoms with E-state index in [-0.39, 0.29) is 0 Å². The molecule has 0 aromatic carbocycles. The van der Waals surface area contributed by atoms with Crippen molar-refractivity contribution < 1.29 is 0 Å². The largest absolute Gasteiger partial charge is 0.388 e. The molecular formula is C17H26N2S4. The lowest BCUT2D eigenvalue weighted by atomic mass is 10.2. The third-order valence-electron chi connectivity index (χ3n) is 4.33. The second kappa shape index (κ2) is 10.1. The van der Waals surface area contributed by atoms with Gasteiger partial charge in [0, 0.05) is 24.5 Å². The SMILES string of the molecule is CSC(=S)C1=C(NCCCNC2=C(C(=S)SC)CCC2)CCC1. The fourth-order valence-electron chi connectivity index (χ4n) is 3.14. The average molecular weight is 387 g/mol. The minimum Gasteiger partial charge on any atom is -0.388 e. The quantitative estimate of drug-likeness (QED) is 0.458. The van der Waals surface area contributed by atoms with Crippen molar-refractivity contribution in [3.05, 3.63) is 22.5 Å². The minimum atomic E-state index is 1.01. The number of thiocarbonyl (C=S) groups is 2. The Balaban J connectivity index is 1.74. The van der Waals surface area contributed by atoms with E-state index in [1.807, 2.05) is 0 Å². The molecular weight excluding hydrogens is 360 g/mol. The van der Waals surface area contributed by atoms with Gasteiger partial charge in [0.2, 0.25) is 0 Å². The molecule has 0 amide bonds. The van der Waals surface area contributed by atoms with Gasteiger partial charge in [-0.05, 0) is 68.6 Å². The normalized spacial score (nSPS) is 17.8. The summed E-state index contributed by atoms with van der Waals surface area (Å²) >= 11 is 14.3. The monoisotopic (exact) mass is 386 g/mol. The van der Waals surface area contributed by atoms with Crippen LogP contribution in [0.25, 0.3) is 0 Å². The van der Waals surface area contributed by atoms with Crippen LogP contribution >= 0.6 is 48.0 Å². The van der Waals surface area contributed by atoms with Gasteiger partial charge in [-0.3, -0.25) is 0 Å². The smallest absolute Gasteiger partial charge is 0.0752 e. The summed E-state index contributed by atoms with van der Waals surface area (Å²) in [4.78, 5) is 0. The molecule has 2 aliphatic rings. The summed E-state index contributed by atoms with van der Waals surface area (Å²) in [6.07, 6.45) is 12.3. The van der Waals surface area contributed by atoms with E-state index in [1.54, 1.807) is 23.5 Å². The molecule has 2 nitrogen and oxygen atoms in total. The first kappa shape index (κ1) is 19.3. The van der Waals surface area contributed by atoms with Crippen LogP contribution in [0.15, 0.2) is 22.5 Å². The molecule has 2 rings (SSSR count). The number of nitrogens with one attached hydrogen (secondary N) is 2. The Morgan fingerprint density at radius 2 is 1.26 bits per heavy atom. The highest BCUT2D eigenvalue weighted by atomic mass is 32.2. The summed E-state index contributed by atoms with van der Waals surface area (Å²) in [6, 6.07) is 0. The maximum atomic E-state index is 5.45. The van der Waals surface area contributed by atoms with E-state index in [0.717, 1.165) is 53.6 Å². The van der Waals surface area contributed by atoms with E-state index in [1.165, 1.54) is 35.4 Å². The number of allylic oxidation sites excluding steroid dienone is 2. The fourth-order valence-corrected chi connectivity index (χ4v) is 4.54. The first-order valence-corrected chi connectivity index (χ1v) is 11.5. The first-order valence-electron chi connectivity index (χ1n) is 8.25. The number of hydrogen-bond acceptors (Lipinski definition) is 6. The minimum absolute atomic E-state index is 1.01. The molecule has 0 saturated carbocycles. The predicted molar refractivity (Wildman–Crippen MR) is 115 cm³/mol. The van der Waals surface area contributed by atoms with Crippen LogP contribution in [-0.4, -0.2) is 34.0 Å². The number of rotatable bonds is 8. The summed E-state index contributed by atoms with van der Waals surface area (Å²) < 4.78 is 2.13. The Kier molecular flexibility index (Phi) is 8.44. The lowest BCUT2D eigenvalue weighted by molar-refractivity contribution is 0.656. The lowest BCUT2D eigenvalue weighted by Crippen LogP contribution is -2.22. The zero-order valence-electron chi connectivity index (χ0n) is 14.0. The van der Waals surface area contributed by atoms with E-state index in [9.17, 15) is 0 Å². The zero-order valence-corrected chi connectivity index (χ0v) is 17.3. The Labute approximate surface area is 159 Å². The second-order valence-electron chi connectivity index (χ2n) is 5.81. The van der Waals surface area contributed by atoms with Gasteiger partial charge >= 0.3 is 0 Å². The molecule has 0 unspecified atom stereocenters. The van der Waals surface area contributed by atoms with Crippen LogP contribution in [0.1, 0.15) is 44.9 Å². The van der Waals surface area contributed by atoms with Gasteiger partial charge in [-0.1, -0.05) is 24.4 Å². The summed E-state index contributed by atoms with van der Waals surface area (Å²) in [5.41, 5.74) is 5.53. The maximum absolute atomic E-state index is 5.45. The Morgan fingerprint density at radius 1 is 0.826 bits per heavy atom. The van der Waals surface area contributed by atoms with Crippen molar-refractivity contribution in [1.82, 2.24) is 10.6 Å².